The number of aryl methyl sites for hydroxylation is 1. The molecule has 2 saturated carbocycles. The maximum atomic E-state index is 12.6. The third-order valence-electron chi connectivity index (χ3n) is 7.28. The molecule has 0 aromatic carbocycles. The van der Waals surface area contributed by atoms with E-state index >= 15 is 0 Å². The third-order valence-corrected chi connectivity index (χ3v) is 7.28. The molecule has 5 unspecified atom stereocenters. The van der Waals surface area contributed by atoms with Crippen molar-refractivity contribution in [3.05, 3.63) is 24.2 Å². The standard InChI is InChI=1S/C21H30O4/c1-20-10-4-11-21(2,19(23)24-3)18(20)8-6-16(13-22)17(20)7-5-15-9-12-25-14-15/h9,12-14,16-18H,4-8,10-11H2,1-3H3. The van der Waals surface area contributed by atoms with Crippen LogP contribution < -0.4 is 0 Å². The molecule has 1 aromatic heterocycles. The summed E-state index contributed by atoms with van der Waals surface area (Å²) < 4.78 is 10.4. The van der Waals surface area contributed by atoms with Gasteiger partial charge in [-0.3, -0.25) is 4.79 Å². The Morgan fingerprint density at radius 1 is 1.36 bits per heavy atom. The van der Waals surface area contributed by atoms with E-state index in [0.29, 0.717) is 5.92 Å². The smallest absolute Gasteiger partial charge is 0.311 e. The summed E-state index contributed by atoms with van der Waals surface area (Å²) in [6, 6.07) is 2.00. The second-order valence-corrected chi connectivity index (χ2v) is 8.48. The number of carbonyl (C=O) groups excluding carboxylic acids is 2. The second-order valence-electron chi connectivity index (χ2n) is 8.48. The first-order valence-electron chi connectivity index (χ1n) is 9.50. The van der Waals surface area contributed by atoms with E-state index in [2.05, 4.69) is 13.8 Å². The molecule has 4 heteroatoms. The fourth-order valence-corrected chi connectivity index (χ4v) is 6.00. The molecule has 0 bridgehead atoms. The lowest BCUT2D eigenvalue weighted by molar-refractivity contribution is -0.173. The topological polar surface area (TPSA) is 56.5 Å². The van der Waals surface area contributed by atoms with E-state index in [1.54, 1.807) is 12.5 Å². The van der Waals surface area contributed by atoms with Crippen LogP contribution in [0.25, 0.3) is 0 Å². The van der Waals surface area contributed by atoms with Crippen molar-refractivity contribution in [3.63, 3.8) is 0 Å². The van der Waals surface area contributed by atoms with Crippen molar-refractivity contribution in [2.24, 2.45) is 28.6 Å². The van der Waals surface area contributed by atoms with Gasteiger partial charge < -0.3 is 13.9 Å². The van der Waals surface area contributed by atoms with Crippen molar-refractivity contribution in [3.8, 4) is 0 Å². The molecule has 0 radical (unpaired) electrons. The molecule has 3 rings (SSSR count). The minimum atomic E-state index is -0.427. The van der Waals surface area contributed by atoms with Crippen LogP contribution in [-0.2, 0) is 20.7 Å². The van der Waals surface area contributed by atoms with Crippen molar-refractivity contribution in [1.82, 2.24) is 0 Å². The largest absolute Gasteiger partial charge is 0.472 e. The van der Waals surface area contributed by atoms with Crippen molar-refractivity contribution >= 4 is 12.3 Å². The monoisotopic (exact) mass is 346 g/mol. The Balaban J connectivity index is 1.88. The average Bonchev–Trinajstić information content (AvgIpc) is 3.12. The van der Waals surface area contributed by atoms with Gasteiger partial charge in [-0.25, -0.2) is 0 Å². The Labute approximate surface area is 150 Å². The van der Waals surface area contributed by atoms with Crippen LogP contribution in [0.1, 0.15) is 57.9 Å². The van der Waals surface area contributed by atoms with Gasteiger partial charge in [0, 0.05) is 5.92 Å². The Bertz CT molecular complexity index is 607. The van der Waals surface area contributed by atoms with Gasteiger partial charge >= 0.3 is 5.97 Å². The average molecular weight is 346 g/mol. The van der Waals surface area contributed by atoms with Gasteiger partial charge in [-0.05, 0) is 74.3 Å². The number of aldehydes is 1. The fourth-order valence-electron chi connectivity index (χ4n) is 6.00. The number of fused-ring (bicyclic) bond motifs is 1. The SMILES string of the molecule is COC(=O)C1(C)CCCC2(C)C(CCc3ccoc3)C(C=O)CCC12. The summed E-state index contributed by atoms with van der Waals surface area (Å²) in [7, 11) is 1.49. The highest BCUT2D eigenvalue weighted by Gasteiger charge is 2.58. The number of hydrogen-bond acceptors (Lipinski definition) is 4. The van der Waals surface area contributed by atoms with Crippen LogP contribution in [-0.4, -0.2) is 19.4 Å². The van der Waals surface area contributed by atoms with Gasteiger partial charge in [-0.2, -0.15) is 0 Å². The molecular formula is C21H30O4. The number of ether oxygens (including phenoxy) is 1. The van der Waals surface area contributed by atoms with E-state index in [4.69, 9.17) is 9.15 Å². The molecule has 2 fully saturated rings. The van der Waals surface area contributed by atoms with Crippen LogP contribution in [0.4, 0.5) is 0 Å². The summed E-state index contributed by atoms with van der Waals surface area (Å²) in [5.74, 6) is 0.601. The Kier molecular flexibility index (Phi) is 5.08. The number of carbonyl (C=O) groups is 2. The molecule has 2 aliphatic carbocycles. The van der Waals surface area contributed by atoms with Gasteiger partial charge in [-0.1, -0.05) is 13.3 Å². The van der Waals surface area contributed by atoms with Crippen molar-refractivity contribution < 1.29 is 18.7 Å². The van der Waals surface area contributed by atoms with E-state index in [-0.39, 0.29) is 23.2 Å². The molecule has 138 valence electrons. The predicted molar refractivity (Wildman–Crippen MR) is 94.9 cm³/mol. The highest BCUT2D eigenvalue weighted by atomic mass is 16.5. The first-order valence-corrected chi connectivity index (χ1v) is 9.50. The molecule has 0 amide bonds. The zero-order valence-corrected chi connectivity index (χ0v) is 15.6. The van der Waals surface area contributed by atoms with E-state index in [9.17, 15) is 9.59 Å². The number of hydrogen-bond donors (Lipinski definition) is 0. The molecule has 1 heterocycles. The van der Waals surface area contributed by atoms with Crippen LogP contribution in [0.15, 0.2) is 23.0 Å². The molecule has 0 N–H and O–H groups in total. The lowest BCUT2D eigenvalue weighted by Crippen LogP contribution is -2.55. The summed E-state index contributed by atoms with van der Waals surface area (Å²) in [4.78, 5) is 24.4. The zero-order chi connectivity index (χ0) is 18.1. The summed E-state index contributed by atoms with van der Waals surface area (Å²) >= 11 is 0. The molecule has 25 heavy (non-hydrogen) atoms. The summed E-state index contributed by atoms with van der Waals surface area (Å²) in [5.41, 5.74) is 0.764. The maximum Gasteiger partial charge on any atom is 0.311 e. The fraction of sp³-hybridized carbons (Fsp3) is 0.714. The molecule has 0 saturated heterocycles. The van der Waals surface area contributed by atoms with E-state index < -0.39 is 5.41 Å². The Hall–Kier alpha value is -1.58. The first-order chi connectivity index (χ1) is 12.0. The van der Waals surface area contributed by atoms with Crippen LogP contribution in [0.5, 0.6) is 0 Å². The number of methoxy groups -OCH3 is 1. The quantitative estimate of drug-likeness (QED) is 0.585. The van der Waals surface area contributed by atoms with Gasteiger partial charge in [0.2, 0.25) is 0 Å². The third kappa shape index (κ3) is 3.04. The first kappa shape index (κ1) is 18.2. The number of furan rings is 1. The van der Waals surface area contributed by atoms with Gasteiger partial charge in [-0.15, -0.1) is 0 Å². The van der Waals surface area contributed by atoms with E-state index in [1.165, 1.54) is 12.7 Å². The Morgan fingerprint density at radius 2 is 2.16 bits per heavy atom. The molecule has 1 aromatic rings. The zero-order valence-electron chi connectivity index (χ0n) is 15.6. The van der Waals surface area contributed by atoms with Gasteiger partial charge in [0.1, 0.15) is 6.29 Å². The number of rotatable bonds is 5. The van der Waals surface area contributed by atoms with Gasteiger partial charge in [0.25, 0.3) is 0 Å². The van der Waals surface area contributed by atoms with Crippen LogP contribution in [0, 0.1) is 28.6 Å². The summed E-state index contributed by atoms with van der Waals surface area (Å²) in [6.45, 7) is 4.39. The van der Waals surface area contributed by atoms with E-state index in [1.807, 2.05) is 6.07 Å². The lowest BCUT2D eigenvalue weighted by atomic mass is 9.45. The van der Waals surface area contributed by atoms with Crippen molar-refractivity contribution in [2.45, 2.75) is 58.8 Å². The molecule has 0 spiro atoms. The predicted octanol–water partition coefficient (Wildman–Crippen LogP) is 4.42. The van der Waals surface area contributed by atoms with E-state index in [0.717, 1.165) is 51.2 Å². The minimum Gasteiger partial charge on any atom is -0.472 e. The highest BCUT2D eigenvalue weighted by Crippen LogP contribution is 2.62. The van der Waals surface area contributed by atoms with Gasteiger partial charge in [0.05, 0.1) is 25.1 Å². The summed E-state index contributed by atoms with van der Waals surface area (Å²) in [5, 5.41) is 0. The van der Waals surface area contributed by atoms with Crippen LogP contribution in [0.2, 0.25) is 0 Å². The molecular weight excluding hydrogens is 316 g/mol. The van der Waals surface area contributed by atoms with Crippen LogP contribution >= 0.6 is 0 Å². The van der Waals surface area contributed by atoms with Crippen LogP contribution in [0.3, 0.4) is 0 Å². The van der Waals surface area contributed by atoms with Gasteiger partial charge in [0.15, 0.2) is 0 Å². The normalized spacial score (nSPS) is 38.0. The second kappa shape index (κ2) is 6.97. The van der Waals surface area contributed by atoms with Crippen molar-refractivity contribution in [2.75, 3.05) is 7.11 Å². The highest BCUT2D eigenvalue weighted by molar-refractivity contribution is 5.77. The minimum absolute atomic E-state index is 0.00868. The molecule has 5 atom stereocenters. The molecule has 0 aliphatic heterocycles. The molecule has 4 nitrogen and oxygen atoms in total. The summed E-state index contributed by atoms with van der Waals surface area (Å²) in [6.07, 6.45) is 11.4. The number of esters is 1. The maximum absolute atomic E-state index is 12.6. The molecule has 2 aliphatic rings. The Morgan fingerprint density at radius 3 is 2.80 bits per heavy atom. The van der Waals surface area contributed by atoms with Crippen molar-refractivity contribution in [1.29, 1.82) is 0 Å². The lowest BCUT2D eigenvalue weighted by Gasteiger charge is -2.58.